The molecule has 0 atom stereocenters. The Balaban J connectivity index is 1.64. The van der Waals surface area contributed by atoms with Crippen LogP contribution < -0.4 is 0 Å². The first kappa shape index (κ1) is 16.9. The number of hydrogen-bond donors (Lipinski definition) is 0. The monoisotopic (exact) mass is 361 g/mol. The second kappa shape index (κ2) is 7.38. The van der Waals surface area contributed by atoms with Crippen molar-refractivity contribution in [2.75, 3.05) is 0 Å². The summed E-state index contributed by atoms with van der Waals surface area (Å²) in [5.41, 5.74) is 4.87. The Hall–Kier alpha value is -2.52. The van der Waals surface area contributed by atoms with Crippen molar-refractivity contribution in [3.63, 3.8) is 0 Å². The van der Waals surface area contributed by atoms with Gasteiger partial charge < -0.3 is 4.57 Å². The molecule has 0 saturated heterocycles. The number of benzene rings is 3. The van der Waals surface area contributed by atoms with Gasteiger partial charge in [-0.15, -0.1) is 11.8 Å². The average molecular weight is 361 g/mol. The summed E-state index contributed by atoms with van der Waals surface area (Å²) in [5, 5.41) is 1.25. The maximum atomic E-state index is 13.4. The van der Waals surface area contributed by atoms with Crippen molar-refractivity contribution in [1.82, 2.24) is 4.57 Å². The van der Waals surface area contributed by atoms with Gasteiger partial charge in [-0.1, -0.05) is 54.6 Å². The quantitative estimate of drug-likeness (QED) is 0.371. The summed E-state index contributed by atoms with van der Waals surface area (Å²) in [6, 6.07) is 23.8. The fourth-order valence-corrected chi connectivity index (χ4v) is 4.25. The summed E-state index contributed by atoms with van der Waals surface area (Å²) in [5.74, 6) is 0.584. The van der Waals surface area contributed by atoms with Crippen molar-refractivity contribution < 1.29 is 4.39 Å². The number of aromatic nitrogens is 1. The maximum Gasteiger partial charge on any atom is 0.123 e. The van der Waals surface area contributed by atoms with Gasteiger partial charge in [-0.2, -0.15) is 0 Å². The number of thioether (sulfide) groups is 1. The lowest BCUT2D eigenvalue weighted by molar-refractivity contribution is 0.626. The molecule has 26 heavy (non-hydrogen) atoms. The molecule has 0 aliphatic heterocycles. The van der Waals surface area contributed by atoms with Crippen molar-refractivity contribution in [2.24, 2.45) is 0 Å². The fourth-order valence-electron chi connectivity index (χ4n) is 3.22. The van der Waals surface area contributed by atoms with Gasteiger partial charge in [0.05, 0.1) is 0 Å². The lowest BCUT2D eigenvalue weighted by atomic mass is 10.1. The molecule has 0 spiro atoms. The van der Waals surface area contributed by atoms with E-state index in [1.54, 1.807) is 23.9 Å². The molecule has 4 rings (SSSR count). The van der Waals surface area contributed by atoms with Gasteiger partial charge in [-0.25, -0.2) is 4.39 Å². The summed E-state index contributed by atoms with van der Waals surface area (Å²) in [6.07, 6.45) is 2.22. The highest BCUT2D eigenvalue weighted by atomic mass is 32.2. The number of aryl methyl sites for hydroxylation is 1. The molecule has 3 aromatic carbocycles. The third kappa shape index (κ3) is 3.54. The van der Waals surface area contributed by atoms with Crippen LogP contribution in [0.5, 0.6) is 0 Å². The van der Waals surface area contributed by atoms with Gasteiger partial charge in [0.1, 0.15) is 5.82 Å². The van der Waals surface area contributed by atoms with Crippen molar-refractivity contribution in [3.05, 3.63) is 102 Å². The first-order valence-corrected chi connectivity index (χ1v) is 9.69. The van der Waals surface area contributed by atoms with Crippen LogP contribution >= 0.6 is 11.8 Å². The van der Waals surface area contributed by atoms with E-state index < -0.39 is 0 Å². The molecule has 4 aromatic rings. The molecule has 3 heteroatoms. The van der Waals surface area contributed by atoms with Crippen molar-refractivity contribution in [2.45, 2.75) is 24.1 Å². The summed E-state index contributed by atoms with van der Waals surface area (Å²) in [7, 11) is 0. The van der Waals surface area contributed by atoms with Crippen LogP contribution in [-0.2, 0) is 12.3 Å². The minimum absolute atomic E-state index is 0.176. The van der Waals surface area contributed by atoms with Crippen LogP contribution in [0.25, 0.3) is 10.9 Å². The summed E-state index contributed by atoms with van der Waals surface area (Å²) in [4.78, 5) is 1.23. The van der Waals surface area contributed by atoms with Crippen LogP contribution in [0.4, 0.5) is 4.39 Å². The highest BCUT2D eigenvalue weighted by molar-refractivity contribution is 7.98. The molecule has 0 N–H and O–H groups in total. The second-order valence-electron chi connectivity index (χ2n) is 6.48. The fraction of sp³-hybridized carbons (Fsp3) is 0.130. The van der Waals surface area contributed by atoms with Crippen molar-refractivity contribution in [3.8, 4) is 0 Å². The van der Waals surface area contributed by atoms with Crippen LogP contribution in [0.2, 0.25) is 0 Å². The van der Waals surface area contributed by atoms with Gasteiger partial charge in [-0.05, 0) is 41.8 Å². The van der Waals surface area contributed by atoms with E-state index in [1.807, 2.05) is 6.07 Å². The van der Waals surface area contributed by atoms with Gasteiger partial charge in [0.25, 0.3) is 0 Å². The zero-order valence-corrected chi connectivity index (χ0v) is 15.5. The van der Waals surface area contributed by atoms with Gasteiger partial charge in [0, 0.05) is 34.3 Å². The van der Waals surface area contributed by atoms with Crippen molar-refractivity contribution in [1.29, 1.82) is 0 Å². The SMILES string of the molecule is Cc1ccccc1Cn1cc(SCc2cccc(F)c2)c2ccccc21. The molecule has 0 unspecified atom stereocenters. The summed E-state index contributed by atoms with van der Waals surface area (Å²) < 4.78 is 15.7. The smallest absolute Gasteiger partial charge is 0.123 e. The van der Waals surface area contributed by atoms with Crippen LogP contribution in [0.15, 0.2) is 83.9 Å². The Morgan fingerprint density at radius 3 is 2.58 bits per heavy atom. The number of nitrogens with zero attached hydrogens (tertiary/aromatic N) is 1. The van der Waals surface area contributed by atoms with E-state index in [-0.39, 0.29) is 5.82 Å². The molecule has 1 nitrogen and oxygen atoms in total. The lowest BCUT2D eigenvalue weighted by Crippen LogP contribution is -1.99. The Bertz CT molecular complexity index is 1050. The zero-order valence-electron chi connectivity index (χ0n) is 14.7. The number of halogens is 1. The van der Waals surface area contributed by atoms with Crippen LogP contribution in [0.1, 0.15) is 16.7 Å². The van der Waals surface area contributed by atoms with E-state index in [0.29, 0.717) is 0 Å². The second-order valence-corrected chi connectivity index (χ2v) is 7.50. The summed E-state index contributed by atoms with van der Waals surface area (Å²) in [6.45, 7) is 3.01. The standard InChI is InChI=1S/C23H20FNS/c1-17-7-2-3-9-19(17)14-25-15-23(21-11-4-5-12-22(21)25)26-16-18-8-6-10-20(24)13-18/h2-13,15H,14,16H2,1H3. The largest absolute Gasteiger partial charge is 0.342 e. The van der Waals surface area contributed by atoms with E-state index in [4.69, 9.17) is 0 Å². The first-order chi connectivity index (χ1) is 12.7. The first-order valence-electron chi connectivity index (χ1n) is 8.70. The third-order valence-electron chi connectivity index (χ3n) is 4.64. The number of rotatable bonds is 5. The van der Waals surface area contributed by atoms with E-state index >= 15 is 0 Å². The molecule has 0 aliphatic carbocycles. The van der Waals surface area contributed by atoms with E-state index in [1.165, 1.54) is 33.0 Å². The average Bonchev–Trinajstić information content (AvgIpc) is 3.00. The minimum atomic E-state index is -0.176. The molecule has 0 bridgehead atoms. The van der Waals surface area contributed by atoms with Gasteiger partial charge in [0.15, 0.2) is 0 Å². The Labute approximate surface area is 157 Å². The van der Waals surface area contributed by atoms with E-state index in [2.05, 4.69) is 66.2 Å². The third-order valence-corrected chi connectivity index (χ3v) is 5.75. The van der Waals surface area contributed by atoms with Crippen LogP contribution in [0.3, 0.4) is 0 Å². The minimum Gasteiger partial charge on any atom is -0.342 e. The molecule has 0 amide bonds. The number of hydrogen-bond acceptors (Lipinski definition) is 1. The van der Waals surface area contributed by atoms with E-state index in [9.17, 15) is 4.39 Å². The molecule has 1 aromatic heterocycles. The molecular formula is C23H20FNS. The van der Waals surface area contributed by atoms with Crippen LogP contribution in [-0.4, -0.2) is 4.57 Å². The molecule has 0 saturated carbocycles. The predicted octanol–water partition coefficient (Wildman–Crippen LogP) is 6.43. The molecule has 1 heterocycles. The molecular weight excluding hydrogens is 341 g/mol. The van der Waals surface area contributed by atoms with Gasteiger partial charge in [-0.3, -0.25) is 0 Å². The highest BCUT2D eigenvalue weighted by Gasteiger charge is 2.10. The Kier molecular flexibility index (Phi) is 4.81. The predicted molar refractivity (Wildman–Crippen MR) is 108 cm³/mol. The Morgan fingerprint density at radius 2 is 1.73 bits per heavy atom. The lowest BCUT2D eigenvalue weighted by Gasteiger charge is -2.08. The van der Waals surface area contributed by atoms with Gasteiger partial charge in [0.2, 0.25) is 0 Å². The van der Waals surface area contributed by atoms with Gasteiger partial charge >= 0.3 is 0 Å². The highest BCUT2D eigenvalue weighted by Crippen LogP contribution is 2.32. The molecule has 0 fully saturated rings. The van der Waals surface area contributed by atoms with Crippen molar-refractivity contribution >= 4 is 22.7 Å². The normalized spacial score (nSPS) is 11.2. The van der Waals surface area contributed by atoms with E-state index in [0.717, 1.165) is 17.9 Å². The van der Waals surface area contributed by atoms with Crippen LogP contribution in [0, 0.1) is 12.7 Å². The maximum absolute atomic E-state index is 13.4. The topological polar surface area (TPSA) is 4.93 Å². The number of para-hydroxylation sites is 1. The number of fused-ring (bicyclic) bond motifs is 1. The summed E-state index contributed by atoms with van der Waals surface area (Å²) >= 11 is 1.76. The zero-order chi connectivity index (χ0) is 17.9. The molecule has 0 aliphatic rings. The Morgan fingerprint density at radius 1 is 0.923 bits per heavy atom. The molecule has 130 valence electrons. The molecule has 0 radical (unpaired) electrons.